The number of unbranched alkanes of at least 4 members (excludes halogenated alkanes) is 4. The lowest BCUT2D eigenvalue weighted by molar-refractivity contribution is 0.725. The maximum Gasteiger partial charge on any atom is 0.0118 e. The lowest BCUT2D eigenvalue weighted by Gasteiger charge is -2.07. The molecule has 0 heterocycles. The summed E-state index contributed by atoms with van der Waals surface area (Å²) >= 11 is 1.95. The lowest BCUT2D eigenvalue weighted by Crippen LogP contribution is -1.81. The highest BCUT2D eigenvalue weighted by molar-refractivity contribution is 8.03. The van der Waals surface area contributed by atoms with Gasteiger partial charge in [-0.25, -0.2) is 0 Å². The summed E-state index contributed by atoms with van der Waals surface area (Å²) in [7, 11) is 0. The fourth-order valence-electron chi connectivity index (χ4n) is 1.84. The highest BCUT2D eigenvalue weighted by Crippen LogP contribution is 2.30. The quantitative estimate of drug-likeness (QED) is 0.365. The third-order valence-electron chi connectivity index (χ3n) is 2.95. The zero-order chi connectivity index (χ0) is 13.1. The molecule has 0 atom stereocenters. The molecule has 0 bridgehead atoms. The van der Waals surface area contributed by atoms with Gasteiger partial charge in [-0.1, -0.05) is 69.1 Å². The van der Waals surface area contributed by atoms with Crippen LogP contribution in [0.2, 0.25) is 0 Å². The van der Waals surface area contributed by atoms with Crippen LogP contribution in [0, 0.1) is 0 Å². The van der Waals surface area contributed by atoms with Gasteiger partial charge in [-0.05, 0) is 42.7 Å². The maximum absolute atomic E-state index is 2.46. The smallest absolute Gasteiger partial charge is 0.0118 e. The Kier molecular flexibility index (Phi) is 8.75. The molecule has 0 nitrogen and oxygen atoms in total. The second-order valence-corrected chi connectivity index (χ2v) is 5.88. The molecule has 0 fully saturated rings. The van der Waals surface area contributed by atoms with Crippen molar-refractivity contribution in [2.45, 2.75) is 63.7 Å². The topological polar surface area (TPSA) is 0 Å². The van der Waals surface area contributed by atoms with E-state index in [1.165, 1.54) is 49.8 Å². The van der Waals surface area contributed by atoms with Gasteiger partial charge in [-0.2, -0.15) is 0 Å². The van der Waals surface area contributed by atoms with Crippen molar-refractivity contribution >= 4 is 11.8 Å². The monoisotopic (exact) mass is 262 g/mol. The van der Waals surface area contributed by atoms with Crippen LogP contribution in [0.5, 0.6) is 0 Å². The lowest BCUT2D eigenvalue weighted by atomic mass is 10.1. The molecule has 1 rings (SSSR count). The first kappa shape index (κ1) is 15.4. The molecule has 1 aromatic rings. The minimum Gasteiger partial charge on any atom is -0.0949 e. The first-order chi connectivity index (χ1) is 8.86. The van der Waals surface area contributed by atoms with Gasteiger partial charge in [-0.15, -0.1) is 0 Å². The van der Waals surface area contributed by atoms with E-state index in [2.05, 4.69) is 50.3 Å². The van der Waals surface area contributed by atoms with E-state index in [9.17, 15) is 0 Å². The van der Waals surface area contributed by atoms with Gasteiger partial charge in [0.05, 0.1) is 0 Å². The average Bonchev–Trinajstić information content (AvgIpc) is 2.41. The van der Waals surface area contributed by atoms with Gasteiger partial charge < -0.3 is 0 Å². The normalized spacial score (nSPS) is 11.8. The number of hydrogen-bond donors (Lipinski definition) is 0. The van der Waals surface area contributed by atoms with Crippen molar-refractivity contribution in [3.63, 3.8) is 0 Å². The molecule has 1 heteroatoms. The highest BCUT2D eigenvalue weighted by atomic mass is 32.2. The first-order valence-electron chi connectivity index (χ1n) is 7.28. The van der Waals surface area contributed by atoms with Gasteiger partial charge in [0.1, 0.15) is 0 Å². The van der Waals surface area contributed by atoms with Crippen LogP contribution >= 0.6 is 11.8 Å². The molecule has 0 saturated carbocycles. The van der Waals surface area contributed by atoms with Crippen LogP contribution in [0.15, 0.2) is 46.2 Å². The minimum absolute atomic E-state index is 1.24. The molecule has 0 saturated heterocycles. The summed E-state index contributed by atoms with van der Waals surface area (Å²) in [5, 5.41) is 0. The third-order valence-corrected chi connectivity index (χ3v) is 4.09. The van der Waals surface area contributed by atoms with Crippen molar-refractivity contribution in [3.05, 3.63) is 41.3 Å². The second kappa shape index (κ2) is 10.3. The molecule has 0 radical (unpaired) electrons. The van der Waals surface area contributed by atoms with E-state index in [1.54, 1.807) is 4.91 Å². The molecule has 1 aromatic carbocycles. The van der Waals surface area contributed by atoms with Crippen molar-refractivity contribution in [2.75, 3.05) is 0 Å². The van der Waals surface area contributed by atoms with Crippen LogP contribution in [-0.2, 0) is 0 Å². The number of thioether (sulfide) groups is 1. The SMILES string of the molecule is CCCCC/C=C(\CCCC)Sc1ccccc1. The number of allylic oxidation sites excluding steroid dienone is 2. The number of rotatable bonds is 9. The summed E-state index contributed by atoms with van der Waals surface area (Å²) < 4.78 is 0. The van der Waals surface area contributed by atoms with Crippen molar-refractivity contribution < 1.29 is 0 Å². The first-order valence-corrected chi connectivity index (χ1v) is 8.10. The van der Waals surface area contributed by atoms with Gasteiger partial charge in [0, 0.05) is 4.90 Å². The zero-order valence-corrected chi connectivity index (χ0v) is 12.6. The fourth-order valence-corrected chi connectivity index (χ4v) is 2.89. The minimum atomic E-state index is 1.24. The highest BCUT2D eigenvalue weighted by Gasteiger charge is 2.00. The van der Waals surface area contributed by atoms with E-state index in [1.807, 2.05) is 11.8 Å². The molecular formula is C17H26S. The Morgan fingerprint density at radius 3 is 2.39 bits per heavy atom. The van der Waals surface area contributed by atoms with Crippen molar-refractivity contribution in [3.8, 4) is 0 Å². The standard InChI is InChI=1S/C17H26S/c1-3-5-7-9-13-16(12-6-4-2)18-17-14-10-8-11-15-17/h8,10-11,13-15H,3-7,9,12H2,1-2H3/b16-13+. The van der Waals surface area contributed by atoms with E-state index in [0.29, 0.717) is 0 Å². The number of benzene rings is 1. The molecule has 0 aromatic heterocycles. The fraction of sp³-hybridized carbons (Fsp3) is 0.529. The van der Waals surface area contributed by atoms with E-state index in [4.69, 9.17) is 0 Å². The molecule has 0 spiro atoms. The summed E-state index contributed by atoms with van der Waals surface area (Å²) in [5.74, 6) is 0. The molecule has 0 aliphatic rings. The summed E-state index contributed by atoms with van der Waals surface area (Å²) in [6, 6.07) is 10.7. The van der Waals surface area contributed by atoms with E-state index < -0.39 is 0 Å². The molecule has 0 aliphatic heterocycles. The molecule has 0 unspecified atom stereocenters. The Bertz CT molecular complexity index is 327. The molecular weight excluding hydrogens is 236 g/mol. The van der Waals surface area contributed by atoms with Crippen molar-refractivity contribution in [2.24, 2.45) is 0 Å². The molecule has 0 aliphatic carbocycles. The van der Waals surface area contributed by atoms with Crippen LogP contribution in [0.4, 0.5) is 0 Å². The van der Waals surface area contributed by atoms with Gasteiger partial charge >= 0.3 is 0 Å². The van der Waals surface area contributed by atoms with Gasteiger partial charge in [0.2, 0.25) is 0 Å². The van der Waals surface area contributed by atoms with Crippen LogP contribution in [0.25, 0.3) is 0 Å². The van der Waals surface area contributed by atoms with E-state index in [-0.39, 0.29) is 0 Å². The summed E-state index contributed by atoms with van der Waals surface area (Å²) in [6.45, 7) is 4.53. The van der Waals surface area contributed by atoms with Gasteiger partial charge in [0.15, 0.2) is 0 Å². The predicted molar refractivity (Wildman–Crippen MR) is 84.0 cm³/mol. The average molecular weight is 262 g/mol. The summed E-state index contributed by atoms with van der Waals surface area (Å²) in [4.78, 5) is 2.93. The van der Waals surface area contributed by atoms with E-state index >= 15 is 0 Å². The van der Waals surface area contributed by atoms with Crippen LogP contribution in [0.3, 0.4) is 0 Å². The Labute approximate surface area is 117 Å². The Hall–Kier alpha value is -0.690. The molecule has 0 amide bonds. The maximum atomic E-state index is 2.46. The van der Waals surface area contributed by atoms with Crippen LogP contribution in [-0.4, -0.2) is 0 Å². The molecule has 0 N–H and O–H groups in total. The predicted octanol–water partition coefficient (Wildman–Crippen LogP) is 6.43. The Morgan fingerprint density at radius 1 is 1.00 bits per heavy atom. The van der Waals surface area contributed by atoms with Crippen molar-refractivity contribution in [1.29, 1.82) is 0 Å². The summed E-state index contributed by atoms with van der Waals surface area (Å²) in [6.07, 6.45) is 11.5. The number of hydrogen-bond acceptors (Lipinski definition) is 1. The Morgan fingerprint density at radius 2 is 1.72 bits per heavy atom. The van der Waals surface area contributed by atoms with Crippen LogP contribution < -0.4 is 0 Å². The largest absolute Gasteiger partial charge is 0.0949 e. The molecule has 100 valence electrons. The summed E-state index contributed by atoms with van der Waals surface area (Å²) in [5.41, 5.74) is 0. The second-order valence-electron chi connectivity index (χ2n) is 4.68. The zero-order valence-electron chi connectivity index (χ0n) is 11.8. The van der Waals surface area contributed by atoms with Gasteiger partial charge in [-0.3, -0.25) is 0 Å². The third kappa shape index (κ3) is 6.90. The van der Waals surface area contributed by atoms with Gasteiger partial charge in [0.25, 0.3) is 0 Å². The van der Waals surface area contributed by atoms with Crippen LogP contribution in [0.1, 0.15) is 58.8 Å². The van der Waals surface area contributed by atoms with Crippen molar-refractivity contribution in [1.82, 2.24) is 0 Å². The Balaban J connectivity index is 2.49. The molecule has 18 heavy (non-hydrogen) atoms. The van der Waals surface area contributed by atoms with E-state index in [0.717, 1.165) is 0 Å².